The van der Waals surface area contributed by atoms with Crippen LogP contribution in [0.5, 0.6) is 11.6 Å². The molecule has 11 heteroatoms. The van der Waals surface area contributed by atoms with Gasteiger partial charge in [0.25, 0.3) is 0 Å². The van der Waals surface area contributed by atoms with Crippen LogP contribution in [0, 0.1) is 24.4 Å². The Morgan fingerprint density at radius 1 is 0.969 bits per heavy atom. The Morgan fingerprint density at radius 3 is 2.47 bits per heavy atom. The van der Waals surface area contributed by atoms with Crippen LogP contribution in [0.1, 0.15) is 5.82 Å². The molecule has 0 atom stereocenters. The van der Waals surface area contributed by atoms with Crippen LogP contribution in [0.25, 0.3) is 5.82 Å². The standard InChI is InChI=1S/C21H15F3N6O2/c1-12-25-8-9-30(12)17-10-18(27-11-26-17)32-14-4-2-13(3-5-14)28-21(31)29-16-7-6-15(22)19(23)20(16)24/h2-11H,1H3,(H2,28,29,31). The number of benzene rings is 2. The van der Waals surface area contributed by atoms with E-state index in [-0.39, 0.29) is 0 Å². The zero-order chi connectivity index (χ0) is 22.7. The maximum atomic E-state index is 13.7. The lowest BCUT2D eigenvalue weighted by Crippen LogP contribution is -2.20. The van der Waals surface area contributed by atoms with Crippen LogP contribution in [-0.4, -0.2) is 25.6 Å². The SMILES string of the molecule is Cc1nccn1-c1cc(Oc2ccc(NC(=O)Nc3ccc(F)c(F)c3F)cc2)ncn1. The van der Waals surface area contributed by atoms with Crippen LogP contribution in [0.3, 0.4) is 0 Å². The molecule has 2 amide bonds. The van der Waals surface area contributed by atoms with E-state index in [2.05, 4.69) is 25.6 Å². The topological polar surface area (TPSA) is 94.0 Å². The van der Waals surface area contributed by atoms with Crippen LogP contribution in [0.4, 0.5) is 29.3 Å². The summed E-state index contributed by atoms with van der Waals surface area (Å²) in [7, 11) is 0. The third-order valence-corrected chi connectivity index (χ3v) is 4.32. The molecule has 0 aliphatic heterocycles. The highest BCUT2D eigenvalue weighted by atomic mass is 19.2. The first-order valence-electron chi connectivity index (χ1n) is 9.22. The maximum absolute atomic E-state index is 13.7. The molecule has 0 spiro atoms. The van der Waals surface area contributed by atoms with Gasteiger partial charge in [-0.2, -0.15) is 0 Å². The van der Waals surface area contributed by atoms with Crippen molar-refractivity contribution < 1.29 is 22.7 Å². The summed E-state index contributed by atoms with van der Waals surface area (Å²) in [5.41, 5.74) is -0.135. The molecule has 8 nitrogen and oxygen atoms in total. The number of amides is 2. The fraction of sp³-hybridized carbons (Fsp3) is 0.0476. The van der Waals surface area contributed by atoms with E-state index in [9.17, 15) is 18.0 Å². The van der Waals surface area contributed by atoms with Crippen molar-refractivity contribution in [2.24, 2.45) is 0 Å². The van der Waals surface area contributed by atoms with E-state index in [1.165, 1.54) is 6.33 Å². The molecule has 0 radical (unpaired) electrons. The van der Waals surface area contributed by atoms with Crippen molar-refractivity contribution in [3.63, 3.8) is 0 Å². The molecule has 4 aromatic rings. The summed E-state index contributed by atoms with van der Waals surface area (Å²) in [6.07, 6.45) is 4.78. The van der Waals surface area contributed by atoms with E-state index < -0.39 is 29.2 Å². The van der Waals surface area contributed by atoms with Crippen molar-refractivity contribution in [3.05, 3.63) is 84.5 Å². The summed E-state index contributed by atoms with van der Waals surface area (Å²) in [5.74, 6) is -2.42. The Labute approximate surface area is 179 Å². The van der Waals surface area contributed by atoms with Gasteiger partial charge in [-0.25, -0.2) is 32.9 Å². The highest BCUT2D eigenvalue weighted by Gasteiger charge is 2.15. The molecule has 0 aliphatic rings. The molecule has 2 N–H and O–H groups in total. The highest BCUT2D eigenvalue weighted by Crippen LogP contribution is 2.23. The lowest BCUT2D eigenvalue weighted by molar-refractivity contribution is 0.262. The van der Waals surface area contributed by atoms with E-state index in [1.54, 1.807) is 47.3 Å². The second-order valence-electron chi connectivity index (χ2n) is 6.49. The number of nitrogens with zero attached hydrogens (tertiary/aromatic N) is 4. The minimum atomic E-state index is -1.67. The summed E-state index contributed by atoms with van der Waals surface area (Å²) in [5, 5.41) is 4.57. The first-order chi connectivity index (χ1) is 15.4. The van der Waals surface area contributed by atoms with Crippen molar-refractivity contribution in [1.82, 2.24) is 19.5 Å². The van der Waals surface area contributed by atoms with E-state index in [0.29, 0.717) is 29.2 Å². The number of aryl methyl sites for hydroxylation is 1. The molecule has 32 heavy (non-hydrogen) atoms. The number of imidazole rings is 1. The molecule has 0 saturated carbocycles. The normalized spacial score (nSPS) is 10.6. The number of carbonyl (C=O) groups is 1. The molecule has 0 fully saturated rings. The van der Waals surface area contributed by atoms with Gasteiger partial charge in [-0.1, -0.05) is 0 Å². The quantitative estimate of drug-likeness (QED) is 0.434. The average Bonchev–Trinajstić information content (AvgIpc) is 3.22. The number of carbonyl (C=O) groups excluding carboxylic acids is 1. The van der Waals surface area contributed by atoms with Crippen LogP contribution in [0.15, 0.2) is 61.2 Å². The zero-order valence-corrected chi connectivity index (χ0v) is 16.5. The van der Waals surface area contributed by atoms with Crippen LogP contribution in [0.2, 0.25) is 0 Å². The molecule has 0 aliphatic carbocycles. The van der Waals surface area contributed by atoms with E-state index in [4.69, 9.17) is 4.74 Å². The van der Waals surface area contributed by atoms with Gasteiger partial charge in [0.2, 0.25) is 5.88 Å². The third kappa shape index (κ3) is 4.51. The second kappa shape index (κ2) is 8.76. The number of halogens is 3. The number of anilines is 2. The van der Waals surface area contributed by atoms with Crippen molar-refractivity contribution in [1.29, 1.82) is 0 Å². The van der Waals surface area contributed by atoms with Crippen LogP contribution in [-0.2, 0) is 0 Å². The maximum Gasteiger partial charge on any atom is 0.323 e. The Morgan fingerprint density at radius 2 is 1.75 bits per heavy atom. The first-order valence-corrected chi connectivity index (χ1v) is 9.22. The number of nitrogens with one attached hydrogen (secondary N) is 2. The van der Waals surface area contributed by atoms with Crippen molar-refractivity contribution in [2.45, 2.75) is 6.92 Å². The minimum absolute atomic E-state index is 0.301. The number of hydrogen-bond donors (Lipinski definition) is 2. The van der Waals surface area contributed by atoms with Crippen molar-refractivity contribution in [2.75, 3.05) is 10.6 Å². The van der Waals surface area contributed by atoms with E-state index >= 15 is 0 Å². The number of ether oxygens (including phenoxy) is 1. The van der Waals surface area contributed by atoms with Gasteiger partial charge in [0.1, 0.15) is 23.7 Å². The molecular weight excluding hydrogens is 425 g/mol. The monoisotopic (exact) mass is 440 g/mol. The van der Waals surface area contributed by atoms with Crippen molar-refractivity contribution in [3.8, 4) is 17.4 Å². The molecule has 162 valence electrons. The third-order valence-electron chi connectivity index (χ3n) is 4.32. The fourth-order valence-corrected chi connectivity index (χ4v) is 2.77. The van der Waals surface area contributed by atoms with Gasteiger partial charge < -0.3 is 15.4 Å². The number of aromatic nitrogens is 4. The Hall–Kier alpha value is -4.41. The van der Waals surface area contributed by atoms with Gasteiger partial charge >= 0.3 is 6.03 Å². The first kappa shape index (κ1) is 20.8. The second-order valence-corrected chi connectivity index (χ2v) is 6.49. The fourth-order valence-electron chi connectivity index (χ4n) is 2.77. The molecule has 0 bridgehead atoms. The summed E-state index contributed by atoms with van der Waals surface area (Å²) >= 11 is 0. The zero-order valence-electron chi connectivity index (χ0n) is 16.5. The summed E-state index contributed by atoms with van der Waals surface area (Å²) < 4.78 is 47.4. The summed E-state index contributed by atoms with van der Waals surface area (Å²) in [4.78, 5) is 24.4. The summed E-state index contributed by atoms with van der Waals surface area (Å²) in [6, 6.07) is 8.69. The Bertz CT molecular complexity index is 1280. The predicted octanol–water partition coefficient (Wildman–Crippen LogP) is 4.82. The lowest BCUT2D eigenvalue weighted by Gasteiger charge is -2.10. The van der Waals surface area contributed by atoms with E-state index in [0.717, 1.165) is 11.9 Å². The van der Waals surface area contributed by atoms with Gasteiger partial charge in [-0.15, -0.1) is 0 Å². The molecule has 0 saturated heterocycles. The largest absolute Gasteiger partial charge is 0.439 e. The van der Waals surface area contributed by atoms with Crippen molar-refractivity contribution >= 4 is 17.4 Å². The predicted molar refractivity (Wildman–Crippen MR) is 109 cm³/mol. The van der Waals surface area contributed by atoms with Crippen LogP contribution < -0.4 is 15.4 Å². The Balaban J connectivity index is 1.40. The number of rotatable bonds is 5. The van der Waals surface area contributed by atoms with Gasteiger partial charge in [0.15, 0.2) is 17.5 Å². The smallest absolute Gasteiger partial charge is 0.323 e. The molecular formula is C21H15F3N6O2. The van der Waals surface area contributed by atoms with Gasteiger partial charge in [-0.3, -0.25) is 4.57 Å². The lowest BCUT2D eigenvalue weighted by atomic mass is 10.3. The van der Waals surface area contributed by atoms with Gasteiger partial charge in [0.05, 0.1) is 5.69 Å². The van der Waals surface area contributed by atoms with Gasteiger partial charge in [0, 0.05) is 24.1 Å². The molecule has 0 unspecified atom stereocenters. The number of urea groups is 1. The average molecular weight is 440 g/mol. The molecule has 2 aromatic heterocycles. The van der Waals surface area contributed by atoms with Gasteiger partial charge in [-0.05, 0) is 43.3 Å². The highest BCUT2D eigenvalue weighted by molar-refractivity contribution is 5.99. The number of hydrogen-bond acceptors (Lipinski definition) is 5. The molecule has 4 rings (SSSR count). The summed E-state index contributed by atoms with van der Waals surface area (Å²) in [6.45, 7) is 1.84. The molecule has 2 heterocycles. The Kier molecular flexibility index (Phi) is 5.71. The van der Waals surface area contributed by atoms with E-state index in [1.807, 2.05) is 6.92 Å². The van der Waals surface area contributed by atoms with Crippen LogP contribution >= 0.6 is 0 Å². The minimum Gasteiger partial charge on any atom is -0.439 e. The molecule has 2 aromatic carbocycles.